The largest absolute Gasteiger partial charge is 0.324 e. The summed E-state index contributed by atoms with van der Waals surface area (Å²) in [5.74, 6) is 0. The fourth-order valence-electron chi connectivity index (χ4n) is 2.48. The molecule has 0 atom stereocenters. The summed E-state index contributed by atoms with van der Waals surface area (Å²) in [4.78, 5) is 16.1. The first-order valence-electron chi connectivity index (χ1n) is 6.82. The summed E-state index contributed by atoms with van der Waals surface area (Å²) in [6.45, 7) is 9.58. The van der Waals surface area contributed by atoms with Crippen LogP contribution in [0.1, 0.15) is 16.7 Å². The topological polar surface area (TPSA) is 35.6 Å². The molecule has 1 saturated heterocycles. The van der Waals surface area contributed by atoms with Gasteiger partial charge in [-0.05, 0) is 43.5 Å². The van der Waals surface area contributed by atoms with Crippen LogP contribution in [0.4, 0.5) is 10.5 Å². The van der Waals surface area contributed by atoms with Gasteiger partial charge in [-0.2, -0.15) is 0 Å². The standard InChI is InChI=1S/C15H23N3O/c1-11-9-13(3)14(10-12(11)2)17(4)15(19)18-7-5-16-6-8-18/h9-10,16H,5-8H2,1-4H3. The minimum Gasteiger partial charge on any atom is -0.322 e. The zero-order chi connectivity index (χ0) is 14.0. The van der Waals surface area contributed by atoms with Crippen LogP contribution in [0, 0.1) is 20.8 Å². The third-order valence-corrected chi connectivity index (χ3v) is 3.85. The van der Waals surface area contributed by atoms with Crippen LogP contribution in [0.15, 0.2) is 12.1 Å². The van der Waals surface area contributed by atoms with Crippen molar-refractivity contribution in [2.45, 2.75) is 20.8 Å². The van der Waals surface area contributed by atoms with Crippen LogP contribution >= 0.6 is 0 Å². The lowest BCUT2D eigenvalue weighted by molar-refractivity contribution is 0.198. The molecule has 1 fully saturated rings. The van der Waals surface area contributed by atoms with Gasteiger partial charge in [0.25, 0.3) is 0 Å². The maximum Gasteiger partial charge on any atom is 0.324 e. The highest BCUT2D eigenvalue weighted by atomic mass is 16.2. The molecule has 0 aliphatic carbocycles. The lowest BCUT2D eigenvalue weighted by Gasteiger charge is -2.32. The molecule has 1 N–H and O–H groups in total. The maximum absolute atomic E-state index is 12.5. The number of piperazine rings is 1. The molecule has 0 saturated carbocycles. The Bertz CT molecular complexity index is 479. The van der Waals surface area contributed by atoms with E-state index in [0.29, 0.717) is 0 Å². The Morgan fingerprint density at radius 2 is 1.68 bits per heavy atom. The summed E-state index contributed by atoms with van der Waals surface area (Å²) in [5, 5.41) is 3.26. The second-order valence-electron chi connectivity index (χ2n) is 5.30. The number of carbonyl (C=O) groups is 1. The monoisotopic (exact) mass is 261 g/mol. The molecule has 4 heteroatoms. The number of hydrogen-bond acceptors (Lipinski definition) is 2. The van der Waals surface area contributed by atoms with Crippen molar-refractivity contribution in [3.05, 3.63) is 28.8 Å². The molecule has 0 spiro atoms. The van der Waals surface area contributed by atoms with E-state index >= 15 is 0 Å². The average molecular weight is 261 g/mol. The molecular weight excluding hydrogens is 238 g/mol. The van der Waals surface area contributed by atoms with Crippen molar-refractivity contribution in [3.63, 3.8) is 0 Å². The molecular formula is C15H23N3O. The molecule has 2 amide bonds. The molecule has 1 heterocycles. The highest BCUT2D eigenvalue weighted by Gasteiger charge is 2.21. The predicted octanol–water partition coefficient (Wildman–Crippen LogP) is 2.07. The predicted molar refractivity (Wildman–Crippen MR) is 78.9 cm³/mol. The summed E-state index contributed by atoms with van der Waals surface area (Å²) in [5.41, 5.74) is 4.64. The van der Waals surface area contributed by atoms with Crippen molar-refractivity contribution in [2.75, 3.05) is 38.1 Å². The Morgan fingerprint density at radius 1 is 1.11 bits per heavy atom. The molecule has 0 aromatic heterocycles. The van der Waals surface area contributed by atoms with Crippen molar-refractivity contribution in [3.8, 4) is 0 Å². The van der Waals surface area contributed by atoms with Crippen molar-refractivity contribution in [1.29, 1.82) is 0 Å². The number of carbonyl (C=O) groups excluding carboxylic acids is 1. The van der Waals surface area contributed by atoms with Gasteiger partial charge in [-0.1, -0.05) is 6.07 Å². The quantitative estimate of drug-likeness (QED) is 0.840. The highest BCUT2D eigenvalue weighted by Crippen LogP contribution is 2.24. The molecule has 4 nitrogen and oxygen atoms in total. The minimum absolute atomic E-state index is 0.0906. The molecule has 1 aliphatic rings. The van der Waals surface area contributed by atoms with Crippen molar-refractivity contribution >= 4 is 11.7 Å². The Labute approximate surface area is 115 Å². The van der Waals surface area contributed by atoms with Gasteiger partial charge in [0.2, 0.25) is 0 Å². The summed E-state index contributed by atoms with van der Waals surface area (Å²) < 4.78 is 0. The Morgan fingerprint density at radius 3 is 2.32 bits per heavy atom. The van der Waals surface area contributed by atoms with Gasteiger partial charge in [0, 0.05) is 38.9 Å². The van der Waals surface area contributed by atoms with Crippen LogP contribution < -0.4 is 10.2 Å². The number of anilines is 1. The number of benzene rings is 1. The lowest BCUT2D eigenvalue weighted by Crippen LogP contribution is -2.50. The van der Waals surface area contributed by atoms with Crippen LogP contribution in [0.25, 0.3) is 0 Å². The summed E-state index contributed by atoms with van der Waals surface area (Å²) >= 11 is 0. The van der Waals surface area contributed by atoms with Gasteiger partial charge in [-0.3, -0.25) is 4.90 Å². The minimum atomic E-state index is 0.0906. The van der Waals surface area contributed by atoms with Gasteiger partial charge >= 0.3 is 6.03 Å². The Hall–Kier alpha value is -1.55. The molecule has 0 radical (unpaired) electrons. The van der Waals surface area contributed by atoms with E-state index in [1.807, 2.05) is 11.9 Å². The third kappa shape index (κ3) is 2.89. The van der Waals surface area contributed by atoms with Gasteiger partial charge in [0.05, 0.1) is 0 Å². The van der Waals surface area contributed by atoms with Crippen LogP contribution in [0.3, 0.4) is 0 Å². The van der Waals surface area contributed by atoms with E-state index in [1.54, 1.807) is 4.90 Å². The van der Waals surface area contributed by atoms with E-state index in [9.17, 15) is 4.79 Å². The number of nitrogens with zero attached hydrogens (tertiary/aromatic N) is 2. The van der Waals surface area contributed by atoms with Crippen LogP contribution in [-0.2, 0) is 0 Å². The van der Waals surface area contributed by atoms with Crippen LogP contribution in [0.5, 0.6) is 0 Å². The van der Waals surface area contributed by atoms with E-state index in [1.165, 1.54) is 11.1 Å². The smallest absolute Gasteiger partial charge is 0.322 e. The lowest BCUT2D eigenvalue weighted by atomic mass is 10.0. The molecule has 0 bridgehead atoms. The fraction of sp³-hybridized carbons (Fsp3) is 0.533. The number of aryl methyl sites for hydroxylation is 3. The van der Waals surface area contributed by atoms with E-state index in [-0.39, 0.29) is 6.03 Å². The van der Waals surface area contributed by atoms with E-state index in [0.717, 1.165) is 37.4 Å². The first kappa shape index (κ1) is 13.9. The zero-order valence-electron chi connectivity index (χ0n) is 12.3. The molecule has 2 rings (SSSR count). The summed E-state index contributed by atoms with van der Waals surface area (Å²) in [6, 6.07) is 4.34. The highest BCUT2D eigenvalue weighted by molar-refractivity contribution is 5.92. The second kappa shape index (κ2) is 5.61. The maximum atomic E-state index is 12.5. The third-order valence-electron chi connectivity index (χ3n) is 3.85. The number of rotatable bonds is 1. The normalized spacial score (nSPS) is 15.5. The number of nitrogens with one attached hydrogen (secondary N) is 1. The second-order valence-corrected chi connectivity index (χ2v) is 5.30. The van der Waals surface area contributed by atoms with Crippen LogP contribution in [0.2, 0.25) is 0 Å². The molecule has 1 aromatic carbocycles. The van der Waals surface area contributed by atoms with Crippen molar-refractivity contribution < 1.29 is 4.79 Å². The molecule has 1 aromatic rings. The summed E-state index contributed by atoms with van der Waals surface area (Å²) in [6.07, 6.45) is 0. The Kier molecular flexibility index (Phi) is 4.10. The van der Waals surface area contributed by atoms with E-state index in [4.69, 9.17) is 0 Å². The molecule has 1 aliphatic heterocycles. The van der Waals surface area contributed by atoms with Gasteiger partial charge in [0.15, 0.2) is 0 Å². The number of urea groups is 1. The van der Waals surface area contributed by atoms with Gasteiger partial charge in [-0.25, -0.2) is 4.79 Å². The van der Waals surface area contributed by atoms with Crippen LogP contribution in [-0.4, -0.2) is 44.2 Å². The van der Waals surface area contributed by atoms with Crippen molar-refractivity contribution in [1.82, 2.24) is 10.2 Å². The Balaban J connectivity index is 2.21. The van der Waals surface area contributed by atoms with Gasteiger partial charge in [0.1, 0.15) is 0 Å². The first-order chi connectivity index (χ1) is 9.00. The molecule has 104 valence electrons. The number of hydrogen-bond donors (Lipinski definition) is 1. The zero-order valence-corrected chi connectivity index (χ0v) is 12.3. The number of amides is 2. The average Bonchev–Trinajstić information content (AvgIpc) is 2.42. The fourth-order valence-corrected chi connectivity index (χ4v) is 2.48. The molecule has 0 unspecified atom stereocenters. The van der Waals surface area contributed by atoms with Crippen molar-refractivity contribution in [2.24, 2.45) is 0 Å². The SMILES string of the molecule is Cc1cc(C)c(N(C)C(=O)N2CCNCC2)cc1C. The van der Waals surface area contributed by atoms with Gasteiger partial charge in [-0.15, -0.1) is 0 Å². The van der Waals surface area contributed by atoms with E-state index < -0.39 is 0 Å². The van der Waals surface area contributed by atoms with Gasteiger partial charge < -0.3 is 10.2 Å². The summed E-state index contributed by atoms with van der Waals surface area (Å²) in [7, 11) is 1.86. The molecule has 19 heavy (non-hydrogen) atoms. The first-order valence-corrected chi connectivity index (χ1v) is 6.82. The van der Waals surface area contributed by atoms with E-state index in [2.05, 4.69) is 38.2 Å².